The number of pyridine rings is 1. The standard InChI is InChI=1S/C30H26F3N3O2/c1-28-15-20-4-2-3-5-22(20)23(28)14-25-29(16-24(28)27(37)36(29)17-18-10-12-34-13-11-18)38-26(35-25)19-6-8-21(9-7-19)30(31,32)33/h2-13,23-24,26H,14-17H2,1H3/t23?,24-,26-,28+,29+/m1/s1. The zero-order valence-electron chi connectivity index (χ0n) is 20.8. The summed E-state index contributed by atoms with van der Waals surface area (Å²) in [7, 11) is 0. The average Bonchev–Trinajstić information content (AvgIpc) is 3.49. The van der Waals surface area contributed by atoms with Gasteiger partial charge in [0.1, 0.15) is 0 Å². The molecule has 4 aliphatic rings. The Morgan fingerprint density at radius 2 is 1.76 bits per heavy atom. The van der Waals surface area contributed by atoms with Gasteiger partial charge < -0.3 is 9.64 Å². The van der Waals surface area contributed by atoms with Gasteiger partial charge in [-0.25, -0.2) is 0 Å². The summed E-state index contributed by atoms with van der Waals surface area (Å²) in [5.74, 6) is -0.102. The van der Waals surface area contributed by atoms with Crippen molar-refractivity contribution in [1.29, 1.82) is 0 Å². The van der Waals surface area contributed by atoms with Crippen LogP contribution >= 0.6 is 0 Å². The monoisotopic (exact) mass is 517 g/mol. The summed E-state index contributed by atoms with van der Waals surface area (Å²) in [5.41, 5.74) is 2.79. The van der Waals surface area contributed by atoms with E-state index in [9.17, 15) is 18.0 Å². The van der Waals surface area contributed by atoms with E-state index in [0.29, 0.717) is 24.9 Å². The lowest BCUT2D eigenvalue weighted by atomic mass is 9.67. The van der Waals surface area contributed by atoms with E-state index in [1.807, 2.05) is 29.2 Å². The predicted molar refractivity (Wildman–Crippen MR) is 134 cm³/mol. The number of nitrogens with zero attached hydrogens (tertiary/aromatic N) is 3. The summed E-state index contributed by atoms with van der Waals surface area (Å²) in [6, 6.07) is 17.1. The Morgan fingerprint density at radius 3 is 2.50 bits per heavy atom. The maximum absolute atomic E-state index is 14.2. The van der Waals surface area contributed by atoms with Gasteiger partial charge in [0.05, 0.1) is 11.3 Å². The highest BCUT2D eigenvalue weighted by molar-refractivity contribution is 6.02. The lowest BCUT2D eigenvalue weighted by Gasteiger charge is -2.39. The number of rotatable bonds is 3. The molecular formula is C30H26F3N3O2. The second-order valence-electron chi connectivity index (χ2n) is 11.1. The maximum Gasteiger partial charge on any atom is 0.416 e. The van der Waals surface area contributed by atoms with Crippen molar-refractivity contribution in [3.8, 4) is 0 Å². The van der Waals surface area contributed by atoms with Crippen LogP contribution in [0.5, 0.6) is 0 Å². The van der Waals surface area contributed by atoms with E-state index in [1.54, 1.807) is 12.4 Å². The van der Waals surface area contributed by atoms with E-state index < -0.39 is 23.7 Å². The molecule has 1 unspecified atom stereocenters. The summed E-state index contributed by atoms with van der Waals surface area (Å²) < 4.78 is 46.2. The normalized spacial score (nSPS) is 31.5. The molecular weight excluding hydrogens is 491 g/mol. The molecule has 2 aliphatic heterocycles. The van der Waals surface area contributed by atoms with Crippen LogP contribution in [0.3, 0.4) is 0 Å². The average molecular weight is 518 g/mol. The van der Waals surface area contributed by atoms with E-state index in [0.717, 1.165) is 29.8 Å². The lowest BCUT2D eigenvalue weighted by Crippen LogP contribution is -2.52. The summed E-state index contributed by atoms with van der Waals surface area (Å²) >= 11 is 0. The zero-order valence-corrected chi connectivity index (χ0v) is 20.8. The molecule has 2 aromatic carbocycles. The molecule has 1 spiro atoms. The van der Waals surface area contributed by atoms with E-state index in [-0.39, 0.29) is 23.2 Å². The number of hydrogen-bond acceptors (Lipinski definition) is 4. The van der Waals surface area contributed by atoms with Crippen LogP contribution in [0.2, 0.25) is 0 Å². The van der Waals surface area contributed by atoms with Crippen molar-refractivity contribution in [3.63, 3.8) is 0 Å². The van der Waals surface area contributed by atoms with Crippen LogP contribution in [0.25, 0.3) is 0 Å². The molecule has 1 aromatic heterocycles. The first kappa shape index (κ1) is 23.6. The fraction of sp³-hybridized carbons (Fsp3) is 0.367. The van der Waals surface area contributed by atoms with Crippen LogP contribution < -0.4 is 0 Å². The number of likely N-dealkylation sites (tertiary alicyclic amines) is 1. The first-order valence-electron chi connectivity index (χ1n) is 12.9. The molecule has 5 nitrogen and oxygen atoms in total. The largest absolute Gasteiger partial charge is 0.416 e. The number of fused-ring (bicyclic) bond motifs is 5. The highest BCUT2D eigenvalue weighted by atomic mass is 19.4. The molecule has 1 amide bonds. The molecule has 7 rings (SSSR count). The third-order valence-corrected chi connectivity index (χ3v) is 9.12. The Morgan fingerprint density at radius 1 is 1.03 bits per heavy atom. The highest BCUT2D eigenvalue weighted by Crippen LogP contribution is 2.63. The van der Waals surface area contributed by atoms with Crippen LogP contribution in [0, 0.1) is 11.3 Å². The Hall–Kier alpha value is -3.52. The van der Waals surface area contributed by atoms with E-state index in [1.165, 1.54) is 23.3 Å². The summed E-state index contributed by atoms with van der Waals surface area (Å²) in [6.45, 7) is 2.57. The molecule has 1 saturated carbocycles. The van der Waals surface area contributed by atoms with Gasteiger partial charge in [-0.2, -0.15) is 13.2 Å². The van der Waals surface area contributed by atoms with Crippen molar-refractivity contribution in [2.24, 2.45) is 16.3 Å². The third-order valence-electron chi connectivity index (χ3n) is 9.12. The van der Waals surface area contributed by atoms with Gasteiger partial charge in [0, 0.05) is 36.8 Å². The number of halogens is 3. The van der Waals surface area contributed by atoms with Crippen molar-refractivity contribution in [1.82, 2.24) is 9.88 Å². The molecule has 2 fully saturated rings. The van der Waals surface area contributed by atoms with Crippen molar-refractivity contribution >= 4 is 11.6 Å². The molecule has 8 heteroatoms. The molecule has 194 valence electrons. The number of aliphatic imine (C=N–C) groups is 1. The molecule has 2 bridgehead atoms. The van der Waals surface area contributed by atoms with Crippen LogP contribution in [0.1, 0.15) is 59.7 Å². The Labute approximate surface area is 218 Å². The zero-order chi connectivity index (χ0) is 26.3. The van der Waals surface area contributed by atoms with Crippen molar-refractivity contribution < 1.29 is 22.7 Å². The van der Waals surface area contributed by atoms with Gasteiger partial charge in [0.15, 0.2) is 12.0 Å². The van der Waals surface area contributed by atoms with Crippen LogP contribution in [-0.2, 0) is 28.7 Å². The Bertz CT molecular complexity index is 1460. The highest BCUT2D eigenvalue weighted by Gasteiger charge is 2.67. The second kappa shape index (κ2) is 7.99. The number of hydrogen-bond donors (Lipinski definition) is 0. The van der Waals surface area contributed by atoms with Crippen LogP contribution in [0.4, 0.5) is 13.2 Å². The Balaban J connectivity index is 1.33. The first-order valence-corrected chi connectivity index (χ1v) is 12.9. The molecule has 1 saturated heterocycles. The third kappa shape index (κ3) is 3.32. The van der Waals surface area contributed by atoms with Gasteiger partial charge in [-0.05, 0) is 65.1 Å². The minimum absolute atomic E-state index is 0.0441. The molecule has 3 aromatic rings. The maximum atomic E-state index is 14.2. The van der Waals surface area contributed by atoms with Gasteiger partial charge >= 0.3 is 6.18 Å². The number of benzene rings is 2. The van der Waals surface area contributed by atoms with E-state index in [4.69, 9.17) is 9.73 Å². The molecule has 3 heterocycles. The number of amides is 1. The summed E-state index contributed by atoms with van der Waals surface area (Å²) in [5, 5.41) is 0. The van der Waals surface area contributed by atoms with E-state index >= 15 is 0 Å². The summed E-state index contributed by atoms with van der Waals surface area (Å²) in [6.07, 6.45) is 0.144. The fourth-order valence-electron chi connectivity index (χ4n) is 7.16. The van der Waals surface area contributed by atoms with Gasteiger partial charge in [-0.1, -0.05) is 43.3 Å². The molecule has 2 aliphatic carbocycles. The smallest absolute Gasteiger partial charge is 0.321 e. The van der Waals surface area contributed by atoms with Gasteiger partial charge in [0.25, 0.3) is 0 Å². The molecule has 0 radical (unpaired) electrons. The summed E-state index contributed by atoms with van der Waals surface area (Å²) in [4.78, 5) is 25.1. The van der Waals surface area contributed by atoms with Crippen molar-refractivity contribution in [3.05, 3.63) is 101 Å². The van der Waals surface area contributed by atoms with E-state index in [2.05, 4.69) is 24.0 Å². The Kier molecular flexibility index (Phi) is 4.96. The van der Waals surface area contributed by atoms with Crippen molar-refractivity contribution in [2.75, 3.05) is 0 Å². The molecule has 5 atom stereocenters. The van der Waals surface area contributed by atoms with Gasteiger partial charge in [0.2, 0.25) is 5.91 Å². The quantitative estimate of drug-likeness (QED) is 0.424. The minimum Gasteiger partial charge on any atom is -0.321 e. The SMILES string of the molecule is C[C@]12Cc3ccccc3C1CC1=N[C@@H](c3ccc(C(F)(F)F)cc3)O[C@@]13C[C@@H]2C(=O)N3Cc1ccncc1. The number of ether oxygens (including phenoxy) is 1. The first-order chi connectivity index (χ1) is 18.2. The fourth-order valence-corrected chi connectivity index (χ4v) is 7.16. The number of carbonyl (C=O) groups is 1. The van der Waals surface area contributed by atoms with Gasteiger partial charge in [-0.15, -0.1) is 0 Å². The van der Waals surface area contributed by atoms with Crippen LogP contribution in [0.15, 0.2) is 78.0 Å². The van der Waals surface area contributed by atoms with Crippen molar-refractivity contribution in [2.45, 2.75) is 56.8 Å². The molecule has 38 heavy (non-hydrogen) atoms. The number of carbonyl (C=O) groups excluding carboxylic acids is 1. The van der Waals surface area contributed by atoms with Gasteiger partial charge in [-0.3, -0.25) is 14.8 Å². The lowest BCUT2D eigenvalue weighted by molar-refractivity contribution is -0.151. The molecule has 0 N–H and O–H groups in total. The number of alkyl halides is 3. The number of aromatic nitrogens is 1. The minimum atomic E-state index is -4.42. The van der Waals surface area contributed by atoms with Crippen LogP contribution in [-0.4, -0.2) is 27.2 Å². The topological polar surface area (TPSA) is 54.8 Å². The second-order valence-corrected chi connectivity index (χ2v) is 11.1. The predicted octanol–water partition coefficient (Wildman–Crippen LogP) is 6.07.